The molecule has 2 N–H and O–H groups in total. The van der Waals surface area contributed by atoms with Gasteiger partial charge in [0, 0.05) is 31.5 Å². The van der Waals surface area contributed by atoms with Crippen molar-refractivity contribution in [3.63, 3.8) is 0 Å². The molecule has 25 heavy (non-hydrogen) atoms. The molecule has 3 rings (SSSR count). The molecule has 2 aromatic rings. The Hall–Kier alpha value is -2.76. The van der Waals surface area contributed by atoms with Crippen LogP contribution in [0.4, 0.5) is 16.3 Å². The normalized spacial score (nSPS) is 14.8. The minimum absolute atomic E-state index is 0.169. The second kappa shape index (κ2) is 8.37. The van der Waals surface area contributed by atoms with Crippen LogP contribution in [0.5, 0.6) is 5.75 Å². The molecule has 1 aliphatic rings. The van der Waals surface area contributed by atoms with Crippen molar-refractivity contribution in [1.82, 2.24) is 10.3 Å². The van der Waals surface area contributed by atoms with E-state index in [1.54, 1.807) is 7.11 Å². The zero-order chi connectivity index (χ0) is 17.5. The third-order valence-electron chi connectivity index (χ3n) is 4.49. The summed E-state index contributed by atoms with van der Waals surface area (Å²) in [6.45, 7) is 2.64. The maximum absolute atomic E-state index is 12.0. The molecule has 132 valence electrons. The summed E-state index contributed by atoms with van der Waals surface area (Å²) in [5.41, 5.74) is 0.753. The van der Waals surface area contributed by atoms with E-state index in [4.69, 9.17) is 4.74 Å². The molecule has 6 heteroatoms. The standard InChI is InChI=1S/C19H24N4O2/c1-25-17-7-5-16(6-8-17)22-19(24)21-14-15-9-12-23(13-10-15)18-4-2-3-11-20-18/h2-8,11,15H,9-10,12-14H2,1H3,(H2,21,22,24). The topological polar surface area (TPSA) is 66.5 Å². The van der Waals surface area contributed by atoms with E-state index in [0.29, 0.717) is 12.5 Å². The highest BCUT2D eigenvalue weighted by Gasteiger charge is 2.20. The molecular formula is C19H24N4O2. The predicted octanol–water partition coefficient (Wildman–Crippen LogP) is 3.13. The number of anilines is 2. The number of ether oxygens (including phenoxy) is 1. The van der Waals surface area contributed by atoms with Crippen LogP contribution in [0.15, 0.2) is 48.7 Å². The molecule has 0 spiro atoms. The third kappa shape index (κ3) is 4.86. The van der Waals surface area contributed by atoms with Crippen molar-refractivity contribution in [3.8, 4) is 5.75 Å². The van der Waals surface area contributed by atoms with Crippen LogP contribution in [0.3, 0.4) is 0 Å². The first kappa shape index (κ1) is 17.1. The minimum atomic E-state index is -0.169. The Kier molecular flexibility index (Phi) is 5.72. The molecule has 0 saturated carbocycles. The highest BCUT2D eigenvalue weighted by Crippen LogP contribution is 2.21. The van der Waals surface area contributed by atoms with Crippen molar-refractivity contribution in [1.29, 1.82) is 0 Å². The molecule has 0 unspecified atom stereocenters. The fourth-order valence-electron chi connectivity index (χ4n) is 2.99. The number of nitrogens with zero attached hydrogens (tertiary/aromatic N) is 2. The molecule has 1 aliphatic heterocycles. The van der Waals surface area contributed by atoms with Crippen molar-refractivity contribution < 1.29 is 9.53 Å². The Bertz CT molecular complexity index is 668. The number of amides is 2. The molecule has 0 atom stereocenters. The maximum Gasteiger partial charge on any atom is 0.319 e. The Morgan fingerprint density at radius 2 is 1.96 bits per heavy atom. The van der Waals surface area contributed by atoms with Gasteiger partial charge in [-0.05, 0) is 55.2 Å². The summed E-state index contributed by atoms with van der Waals surface area (Å²) in [4.78, 5) is 18.7. The van der Waals surface area contributed by atoms with Crippen LogP contribution < -0.4 is 20.3 Å². The first-order valence-electron chi connectivity index (χ1n) is 8.59. The summed E-state index contributed by atoms with van der Waals surface area (Å²) in [5, 5.41) is 5.81. The van der Waals surface area contributed by atoms with Gasteiger partial charge in [0.25, 0.3) is 0 Å². The van der Waals surface area contributed by atoms with Crippen molar-refractivity contribution in [2.75, 3.05) is 37.0 Å². The van der Waals surface area contributed by atoms with E-state index in [-0.39, 0.29) is 6.03 Å². The lowest BCUT2D eigenvalue weighted by atomic mass is 9.97. The Labute approximate surface area is 148 Å². The summed E-state index contributed by atoms with van der Waals surface area (Å²) in [5.74, 6) is 2.30. The number of hydrogen-bond acceptors (Lipinski definition) is 4. The van der Waals surface area contributed by atoms with E-state index >= 15 is 0 Å². The average molecular weight is 340 g/mol. The monoisotopic (exact) mass is 340 g/mol. The molecule has 6 nitrogen and oxygen atoms in total. The van der Waals surface area contributed by atoms with Crippen LogP contribution in [0.1, 0.15) is 12.8 Å². The Morgan fingerprint density at radius 3 is 2.60 bits per heavy atom. The molecule has 0 radical (unpaired) electrons. The van der Waals surface area contributed by atoms with Gasteiger partial charge in [-0.1, -0.05) is 6.07 Å². The van der Waals surface area contributed by atoms with Gasteiger partial charge in [-0.2, -0.15) is 0 Å². The molecule has 1 aromatic carbocycles. The maximum atomic E-state index is 12.0. The number of carbonyl (C=O) groups excluding carboxylic acids is 1. The van der Waals surface area contributed by atoms with Gasteiger partial charge in [0.2, 0.25) is 0 Å². The van der Waals surface area contributed by atoms with Crippen LogP contribution >= 0.6 is 0 Å². The predicted molar refractivity (Wildman–Crippen MR) is 99.2 cm³/mol. The molecule has 0 aliphatic carbocycles. The van der Waals surface area contributed by atoms with E-state index in [0.717, 1.165) is 43.2 Å². The van der Waals surface area contributed by atoms with Crippen molar-refractivity contribution in [2.24, 2.45) is 5.92 Å². The number of methoxy groups -OCH3 is 1. The van der Waals surface area contributed by atoms with Gasteiger partial charge in [-0.25, -0.2) is 9.78 Å². The lowest BCUT2D eigenvalue weighted by molar-refractivity contribution is 0.248. The first-order chi connectivity index (χ1) is 12.2. The number of rotatable bonds is 5. The third-order valence-corrected chi connectivity index (χ3v) is 4.49. The Balaban J connectivity index is 1.39. The van der Waals surface area contributed by atoms with Gasteiger partial charge in [-0.15, -0.1) is 0 Å². The van der Waals surface area contributed by atoms with Crippen LogP contribution in [-0.4, -0.2) is 37.8 Å². The van der Waals surface area contributed by atoms with Crippen LogP contribution in [0.25, 0.3) is 0 Å². The highest BCUT2D eigenvalue weighted by atomic mass is 16.5. The SMILES string of the molecule is COc1ccc(NC(=O)NCC2CCN(c3ccccn3)CC2)cc1. The largest absolute Gasteiger partial charge is 0.497 e. The Morgan fingerprint density at radius 1 is 1.20 bits per heavy atom. The van der Waals surface area contributed by atoms with Crippen molar-refractivity contribution in [3.05, 3.63) is 48.7 Å². The van der Waals surface area contributed by atoms with Crippen LogP contribution in [-0.2, 0) is 0 Å². The van der Waals surface area contributed by atoms with E-state index < -0.39 is 0 Å². The highest BCUT2D eigenvalue weighted by molar-refractivity contribution is 5.89. The molecular weight excluding hydrogens is 316 g/mol. The fourth-order valence-corrected chi connectivity index (χ4v) is 2.99. The molecule has 1 saturated heterocycles. The summed E-state index contributed by atoms with van der Waals surface area (Å²) in [6.07, 6.45) is 3.94. The smallest absolute Gasteiger partial charge is 0.319 e. The number of benzene rings is 1. The zero-order valence-electron chi connectivity index (χ0n) is 14.4. The summed E-state index contributed by atoms with van der Waals surface area (Å²) in [6, 6.07) is 13.1. The van der Waals surface area contributed by atoms with Crippen molar-refractivity contribution >= 4 is 17.5 Å². The van der Waals surface area contributed by atoms with Gasteiger partial charge >= 0.3 is 6.03 Å². The average Bonchev–Trinajstić information content (AvgIpc) is 2.68. The molecule has 1 aromatic heterocycles. The van der Waals surface area contributed by atoms with Gasteiger partial charge in [0.15, 0.2) is 0 Å². The van der Waals surface area contributed by atoms with Crippen LogP contribution in [0.2, 0.25) is 0 Å². The van der Waals surface area contributed by atoms with E-state index in [1.165, 1.54) is 0 Å². The summed E-state index contributed by atoms with van der Waals surface area (Å²) < 4.78 is 5.10. The van der Waals surface area contributed by atoms with Gasteiger partial charge in [0.1, 0.15) is 11.6 Å². The van der Waals surface area contributed by atoms with Gasteiger partial charge in [-0.3, -0.25) is 0 Å². The minimum Gasteiger partial charge on any atom is -0.497 e. The fraction of sp³-hybridized carbons (Fsp3) is 0.368. The van der Waals surface area contributed by atoms with Gasteiger partial charge in [0.05, 0.1) is 7.11 Å². The van der Waals surface area contributed by atoms with E-state index in [9.17, 15) is 4.79 Å². The second-order valence-electron chi connectivity index (χ2n) is 6.18. The molecule has 1 fully saturated rings. The molecule has 2 amide bonds. The number of nitrogens with one attached hydrogen (secondary N) is 2. The number of pyridine rings is 1. The summed E-state index contributed by atoms with van der Waals surface area (Å²) in [7, 11) is 1.62. The lowest BCUT2D eigenvalue weighted by Crippen LogP contribution is -2.40. The van der Waals surface area contributed by atoms with Crippen molar-refractivity contribution in [2.45, 2.75) is 12.8 Å². The number of urea groups is 1. The first-order valence-corrected chi connectivity index (χ1v) is 8.59. The van der Waals surface area contributed by atoms with E-state index in [2.05, 4.69) is 20.5 Å². The molecule has 0 bridgehead atoms. The van der Waals surface area contributed by atoms with Gasteiger partial charge < -0.3 is 20.3 Å². The molecule has 2 heterocycles. The number of hydrogen-bond donors (Lipinski definition) is 2. The summed E-state index contributed by atoms with van der Waals surface area (Å²) >= 11 is 0. The zero-order valence-corrected chi connectivity index (χ0v) is 14.4. The van der Waals surface area contributed by atoms with Crippen LogP contribution in [0, 0.1) is 5.92 Å². The second-order valence-corrected chi connectivity index (χ2v) is 6.18. The van der Waals surface area contributed by atoms with E-state index in [1.807, 2.05) is 48.7 Å². The number of piperidine rings is 1. The lowest BCUT2D eigenvalue weighted by Gasteiger charge is -2.32. The quantitative estimate of drug-likeness (QED) is 0.878. The number of carbonyl (C=O) groups is 1. The number of aromatic nitrogens is 1.